The Morgan fingerprint density at radius 1 is 1.38 bits per heavy atom. The van der Waals surface area contributed by atoms with Gasteiger partial charge in [-0.25, -0.2) is 13.2 Å². The quantitative estimate of drug-likeness (QED) is 0.906. The van der Waals surface area contributed by atoms with Crippen LogP contribution < -0.4 is 0 Å². The molecule has 116 valence electrons. The standard InChI is InChI=1S/C15H21NO4S/c1-3-11-7-8-13(10-14(11)15(17)18)21(19,20)16-9-5-6-12(16)4-2/h7-8,10,12H,3-6,9H2,1-2H3,(H,17,18). The van der Waals surface area contributed by atoms with Gasteiger partial charge in [-0.15, -0.1) is 0 Å². The lowest BCUT2D eigenvalue weighted by Crippen LogP contribution is -2.35. The molecular formula is C15H21NO4S. The maximum Gasteiger partial charge on any atom is 0.336 e. The Hall–Kier alpha value is -1.40. The lowest BCUT2D eigenvalue weighted by molar-refractivity contribution is 0.0695. The first kappa shape index (κ1) is 16.0. The average molecular weight is 311 g/mol. The number of aryl methyl sites for hydroxylation is 1. The van der Waals surface area contributed by atoms with Crippen LogP contribution in [-0.4, -0.2) is 36.4 Å². The van der Waals surface area contributed by atoms with Crippen LogP contribution >= 0.6 is 0 Å². The summed E-state index contributed by atoms with van der Waals surface area (Å²) < 4.78 is 26.9. The highest BCUT2D eigenvalue weighted by Crippen LogP contribution is 2.28. The third-order valence-electron chi connectivity index (χ3n) is 4.09. The predicted octanol–water partition coefficient (Wildman–Crippen LogP) is 2.51. The Bertz CT molecular complexity index is 639. The fourth-order valence-electron chi connectivity index (χ4n) is 2.89. The van der Waals surface area contributed by atoms with Crippen molar-refractivity contribution in [2.24, 2.45) is 0 Å². The highest BCUT2D eigenvalue weighted by atomic mass is 32.2. The molecule has 0 saturated carbocycles. The summed E-state index contributed by atoms with van der Waals surface area (Å²) in [7, 11) is -3.61. The first-order valence-electron chi connectivity index (χ1n) is 7.29. The molecule has 1 fully saturated rings. The SMILES string of the molecule is CCc1ccc(S(=O)(=O)N2CCCC2CC)cc1C(=O)O. The van der Waals surface area contributed by atoms with Crippen LogP contribution in [0, 0.1) is 0 Å². The maximum atomic E-state index is 12.7. The number of hydrogen-bond acceptors (Lipinski definition) is 3. The second-order valence-corrected chi connectivity index (χ2v) is 7.19. The van der Waals surface area contributed by atoms with E-state index in [0.717, 1.165) is 19.3 Å². The van der Waals surface area contributed by atoms with Crippen molar-refractivity contribution < 1.29 is 18.3 Å². The van der Waals surface area contributed by atoms with Gasteiger partial charge < -0.3 is 5.11 Å². The topological polar surface area (TPSA) is 74.7 Å². The molecule has 1 heterocycles. The van der Waals surface area contributed by atoms with E-state index >= 15 is 0 Å². The number of carbonyl (C=O) groups is 1. The van der Waals surface area contributed by atoms with E-state index in [-0.39, 0.29) is 16.5 Å². The van der Waals surface area contributed by atoms with E-state index in [0.29, 0.717) is 18.5 Å². The van der Waals surface area contributed by atoms with E-state index in [2.05, 4.69) is 0 Å². The number of sulfonamides is 1. The number of rotatable bonds is 5. The summed E-state index contributed by atoms with van der Waals surface area (Å²) in [6.45, 7) is 4.34. The summed E-state index contributed by atoms with van der Waals surface area (Å²) in [4.78, 5) is 11.4. The maximum absolute atomic E-state index is 12.7. The summed E-state index contributed by atoms with van der Waals surface area (Å²) in [6.07, 6.45) is 3.06. The second-order valence-electron chi connectivity index (χ2n) is 5.30. The second kappa shape index (κ2) is 6.15. The van der Waals surface area contributed by atoms with E-state index in [1.165, 1.54) is 16.4 Å². The molecule has 1 aromatic rings. The molecule has 1 N–H and O–H groups in total. The van der Waals surface area contributed by atoms with Gasteiger partial charge in [0.2, 0.25) is 10.0 Å². The molecule has 0 bridgehead atoms. The molecule has 0 radical (unpaired) electrons. The first-order valence-corrected chi connectivity index (χ1v) is 8.73. The lowest BCUT2D eigenvalue weighted by atomic mass is 10.1. The highest BCUT2D eigenvalue weighted by molar-refractivity contribution is 7.89. The van der Waals surface area contributed by atoms with Gasteiger partial charge in [-0.05, 0) is 43.4 Å². The van der Waals surface area contributed by atoms with Crippen molar-refractivity contribution in [1.82, 2.24) is 4.31 Å². The zero-order chi connectivity index (χ0) is 15.6. The van der Waals surface area contributed by atoms with Crippen LogP contribution in [0.15, 0.2) is 23.1 Å². The van der Waals surface area contributed by atoms with Crippen LogP contribution in [0.1, 0.15) is 49.0 Å². The summed E-state index contributed by atoms with van der Waals surface area (Å²) in [5.41, 5.74) is 0.723. The van der Waals surface area contributed by atoms with Crippen molar-refractivity contribution in [3.8, 4) is 0 Å². The van der Waals surface area contributed by atoms with Crippen molar-refractivity contribution in [2.45, 2.75) is 50.5 Å². The Balaban J connectivity index is 2.45. The molecule has 1 aliphatic heterocycles. The van der Waals surface area contributed by atoms with Crippen LogP contribution in [0.4, 0.5) is 0 Å². The van der Waals surface area contributed by atoms with Gasteiger partial charge in [0.1, 0.15) is 0 Å². The van der Waals surface area contributed by atoms with Crippen molar-refractivity contribution in [1.29, 1.82) is 0 Å². The van der Waals surface area contributed by atoms with Gasteiger partial charge in [-0.2, -0.15) is 4.31 Å². The number of carboxylic acid groups (broad SMARTS) is 1. The first-order chi connectivity index (χ1) is 9.91. The predicted molar refractivity (Wildman–Crippen MR) is 80.0 cm³/mol. The Morgan fingerprint density at radius 2 is 2.10 bits per heavy atom. The van der Waals surface area contributed by atoms with Gasteiger partial charge in [0.15, 0.2) is 0 Å². The van der Waals surface area contributed by atoms with Gasteiger partial charge in [-0.1, -0.05) is 19.9 Å². The van der Waals surface area contributed by atoms with Gasteiger partial charge in [0, 0.05) is 12.6 Å². The van der Waals surface area contributed by atoms with Crippen molar-refractivity contribution in [3.05, 3.63) is 29.3 Å². The molecule has 0 spiro atoms. The third-order valence-corrected chi connectivity index (χ3v) is 6.04. The summed E-state index contributed by atoms with van der Waals surface area (Å²) >= 11 is 0. The molecule has 5 nitrogen and oxygen atoms in total. The fraction of sp³-hybridized carbons (Fsp3) is 0.533. The lowest BCUT2D eigenvalue weighted by Gasteiger charge is -2.23. The number of aromatic carboxylic acids is 1. The van der Waals surface area contributed by atoms with E-state index in [4.69, 9.17) is 0 Å². The fourth-order valence-corrected chi connectivity index (χ4v) is 4.69. The molecule has 21 heavy (non-hydrogen) atoms. The summed E-state index contributed by atoms with van der Waals surface area (Å²) in [6, 6.07) is 4.44. The number of nitrogens with zero attached hydrogens (tertiary/aromatic N) is 1. The molecule has 1 atom stereocenters. The van der Waals surface area contributed by atoms with Crippen LogP contribution in [0.3, 0.4) is 0 Å². The molecule has 6 heteroatoms. The minimum absolute atomic E-state index is 0.0223. The van der Waals surface area contributed by atoms with Gasteiger partial charge in [0.25, 0.3) is 0 Å². The monoisotopic (exact) mass is 311 g/mol. The smallest absolute Gasteiger partial charge is 0.336 e. The number of carboxylic acids is 1. The molecule has 0 aliphatic carbocycles. The molecule has 2 rings (SSSR count). The number of hydrogen-bond donors (Lipinski definition) is 1. The molecule has 1 aliphatic rings. The molecule has 0 amide bonds. The van der Waals surface area contributed by atoms with E-state index in [9.17, 15) is 18.3 Å². The van der Waals surface area contributed by atoms with Crippen LogP contribution in [0.5, 0.6) is 0 Å². The van der Waals surface area contributed by atoms with Gasteiger partial charge >= 0.3 is 5.97 Å². The van der Waals surface area contributed by atoms with Crippen molar-refractivity contribution in [3.63, 3.8) is 0 Å². The molecule has 1 aromatic carbocycles. The Kier molecular flexibility index (Phi) is 4.68. The average Bonchev–Trinajstić information content (AvgIpc) is 2.95. The van der Waals surface area contributed by atoms with Gasteiger partial charge in [-0.3, -0.25) is 0 Å². The molecule has 0 aromatic heterocycles. The Labute approximate surface area is 125 Å². The molecular weight excluding hydrogens is 290 g/mol. The number of benzene rings is 1. The zero-order valence-corrected chi connectivity index (χ0v) is 13.2. The zero-order valence-electron chi connectivity index (χ0n) is 12.4. The van der Waals surface area contributed by atoms with E-state index < -0.39 is 16.0 Å². The van der Waals surface area contributed by atoms with Crippen LogP contribution in [0.2, 0.25) is 0 Å². The van der Waals surface area contributed by atoms with Crippen LogP contribution in [0.25, 0.3) is 0 Å². The highest BCUT2D eigenvalue weighted by Gasteiger charge is 2.34. The van der Waals surface area contributed by atoms with Crippen molar-refractivity contribution in [2.75, 3.05) is 6.54 Å². The third kappa shape index (κ3) is 2.96. The normalized spacial score (nSPS) is 19.8. The van der Waals surface area contributed by atoms with Crippen molar-refractivity contribution >= 4 is 16.0 Å². The Morgan fingerprint density at radius 3 is 2.67 bits per heavy atom. The molecule has 1 saturated heterocycles. The molecule has 1 unspecified atom stereocenters. The van der Waals surface area contributed by atoms with Crippen LogP contribution in [-0.2, 0) is 16.4 Å². The minimum Gasteiger partial charge on any atom is -0.478 e. The summed E-state index contributed by atoms with van der Waals surface area (Å²) in [5.74, 6) is -1.09. The summed E-state index contributed by atoms with van der Waals surface area (Å²) in [5, 5.41) is 9.24. The van der Waals surface area contributed by atoms with Gasteiger partial charge in [0.05, 0.1) is 10.5 Å². The minimum atomic E-state index is -3.61. The van der Waals surface area contributed by atoms with E-state index in [1.54, 1.807) is 6.07 Å². The largest absolute Gasteiger partial charge is 0.478 e. The van der Waals surface area contributed by atoms with E-state index in [1.807, 2.05) is 13.8 Å².